The Morgan fingerprint density at radius 1 is 1.20 bits per heavy atom. The fraction of sp³-hybridized carbons (Fsp3) is 0.333. The Balaban J connectivity index is 2.69. The first-order valence-corrected chi connectivity index (χ1v) is 3.99. The van der Waals surface area contributed by atoms with Crippen molar-refractivity contribution >= 4 is 12.6 Å². The highest BCUT2D eigenvalue weighted by atomic mass is 32.1. The van der Waals surface area contributed by atoms with Crippen LogP contribution in [0.4, 0.5) is 0 Å². The minimum absolute atomic E-state index is 0.930. The highest BCUT2D eigenvalue weighted by Gasteiger charge is 1.85. The molecule has 1 aromatic carbocycles. The highest BCUT2D eigenvalue weighted by molar-refractivity contribution is 7.58. The first-order valence-electron chi connectivity index (χ1n) is 3.59. The van der Waals surface area contributed by atoms with Gasteiger partial charge in [-0.25, -0.2) is 0 Å². The summed E-state index contributed by atoms with van der Waals surface area (Å²) in [4.78, 5) is 0.930. The number of hydrogen-bond acceptors (Lipinski definition) is 1. The maximum absolute atomic E-state index is 4.96. The van der Waals surface area contributed by atoms with Crippen LogP contribution in [0.25, 0.3) is 0 Å². The van der Waals surface area contributed by atoms with Crippen molar-refractivity contribution < 1.29 is 0 Å². The van der Waals surface area contributed by atoms with Crippen LogP contribution in [-0.2, 0) is 19.0 Å². The van der Waals surface area contributed by atoms with Crippen molar-refractivity contribution in [3.63, 3.8) is 0 Å². The summed E-state index contributed by atoms with van der Waals surface area (Å²) in [5.41, 5.74) is 1.39. The predicted molar refractivity (Wildman–Crippen MR) is 46.1 cm³/mol. The number of rotatable bonds is 2. The quantitative estimate of drug-likeness (QED) is 0.585. The van der Waals surface area contributed by atoms with Crippen molar-refractivity contribution in [1.82, 2.24) is 0 Å². The summed E-state index contributed by atoms with van der Waals surface area (Å²) in [6.45, 7) is 2.18. The van der Waals surface area contributed by atoms with E-state index in [1.165, 1.54) is 12.0 Å². The fourth-order valence-electron chi connectivity index (χ4n) is 0.945. The molecule has 0 saturated carbocycles. The maximum Gasteiger partial charge on any atom is -0.0282 e. The Labute approximate surface area is 67.7 Å². The summed E-state index contributed by atoms with van der Waals surface area (Å²) < 4.78 is 0. The third kappa shape index (κ3) is 1.99. The normalized spacial score (nSPS) is 9.70. The van der Waals surface area contributed by atoms with Crippen LogP contribution in [0.2, 0.25) is 0 Å². The van der Waals surface area contributed by atoms with E-state index in [0.29, 0.717) is 0 Å². The topological polar surface area (TPSA) is 0 Å². The molecule has 10 heavy (non-hydrogen) atoms. The lowest BCUT2D eigenvalue weighted by atomic mass is 10.1. The zero-order chi connectivity index (χ0) is 7.40. The Kier molecular flexibility index (Phi) is 2.69. The lowest BCUT2D eigenvalue weighted by Crippen LogP contribution is -1.81. The van der Waals surface area contributed by atoms with Gasteiger partial charge in [-0.15, -0.1) is 0 Å². The van der Waals surface area contributed by atoms with E-state index in [0.717, 1.165) is 11.3 Å². The third-order valence-corrected chi connectivity index (χ3v) is 1.73. The van der Waals surface area contributed by atoms with Crippen LogP contribution in [-0.4, -0.2) is 0 Å². The van der Waals surface area contributed by atoms with Crippen molar-refractivity contribution in [3.05, 3.63) is 29.8 Å². The van der Waals surface area contributed by atoms with Crippen LogP contribution in [0.15, 0.2) is 29.2 Å². The first kappa shape index (κ1) is 7.55. The fourth-order valence-corrected chi connectivity index (χ4v) is 1.08. The van der Waals surface area contributed by atoms with Crippen LogP contribution in [0.5, 0.6) is 0 Å². The van der Waals surface area contributed by atoms with Crippen molar-refractivity contribution in [2.24, 2.45) is 0 Å². The van der Waals surface area contributed by atoms with Gasteiger partial charge in [0.25, 0.3) is 0 Å². The molecule has 0 atom stereocenters. The smallest absolute Gasteiger partial charge is 0.0282 e. The van der Waals surface area contributed by atoms with Gasteiger partial charge in [-0.2, -0.15) is 4.90 Å². The van der Waals surface area contributed by atoms with Gasteiger partial charge < -0.3 is 12.6 Å². The Hall–Kier alpha value is -0.560. The second kappa shape index (κ2) is 3.57. The van der Waals surface area contributed by atoms with Crippen molar-refractivity contribution in [2.75, 3.05) is 0 Å². The Morgan fingerprint density at radius 3 is 2.30 bits per heavy atom. The first-order chi connectivity index (χ1) is 4.83. The molecule has 0 bridgehead atoms. The monoisotopic (exact) mass is 151 g/mol. The van der Waals surface area contributed by atoms with E-state index in [1.54, 1.807) is 0 Å². The molecule has 54 valence electrons. The molecular formula is C9H11S-. The van der Waals surface area contributed by atoms with Crippen LogP contribution in [0.3, 0.4) is 0 Å². The van der Waals surface area contributed by atoms with E-state index in [2.05, 4.69) is 19.1 Å². The van der Waals surface area contributed by atoms with Crippen LogP contribution < -0.4 is 0 Å². The molecule has 0 amide bonds. The minimum atomic E-state index is 0.930. The summed E-state index contributed by atoms with van der Waals surface area (Å²) in [6.07, 6.45) is 2.37. The van der Waals surface area contributed by atoms with Crippen molar-refractivity contribution in [1.29, 1.82) is 0 Å². The van der Waals surface area contributed by atoms with Gasteiger partial charge in [0.05, 0.1) is 0 Å². The zero-order valence-electron chi connectivity index (χ0n) is 6.13. The summed E-state index contributed by atoms with van der Waals surface area (Å²) in [5.74, 6) is 0. The van der Waals surface area contributed by atoms with E-state index >= 15 is 0 Å². The lowest BCUT2D eigenvalue weighted by molar-refractivity contribution is 0.920. The second-order valence-corrected chi connectivity index (χ2v) is 2.87. The van der Waals surface area contributed by atoms with E-state index in [1.807, 2.05) is 12.1 Å². The number of benzene rings is 1. The number of hydrogen-bond donors (Lipinski definition) is 0. The lowest BCUT2D eigenvalue weighted by Gasteiger charge is -2.04. The van der Waals surface area contributed by atoms with E-state index in [4.69, 9.17) is 12.6 Å². The van der Waals surface area contributed by atoms with Crippen LogP contribution in [0, 0.1) is 0 Å². The summed E-state index contributed by atoms with van der Waals surface area (Å²) in [6, 6.07) is 8.18. The van der Waals surface area contributed by atoms with Crippen molar-refractivity contribution in [3.8, 4) is 0 Å². The molecule has 1 rings (SSSR count). The van der Waals surface area contributed by atoms with Gasteiger partial charge in [0, 0.05) is 0 Å². The SMILES string of the molecule is CCCc1ccc([S-])cc1. The standard InChI is InChI=1S/C9H12S/c1-2-3-8-4-6-9(10)7-5-8/h4-7,10H,2-3H2,1H3/p-1. The van der Waals surface area contributed by atoms with Gasteiger partial charge in [0.1, 0.15) is 0 Å². The highest BCUT2D eigenvalue weighted by Crippen LogP contribution is 2.05. The molecule has 1 aromatic rings. The molecule has 0 N–H and O–H groups in total. The molecule has 0 spiro atoms. The predicted octanol–water partition coefficient (Wildman–Crippen LogP) is 2.54. The summed E-state index contributed by atoms with van der Waals surface area (Å²) in [7, 11) is 0. The van der Waals surface area contributed by atoms with Gasteiger partial charge in [-0.3, -0.25) is 0 Å². The molecular weight excluding hydrogens is 140 g/mol. The van der Waals surface area contributed by atoms with E-state index in [-0.39, 0.29) is 0 Å². The maximum atomic E-state index is 4.96. The molecule has 0 unspecified atom stereocenters. The average Bonchev–Trinajstić information content (AvgIpc) is 1.95. The van der Waals surface area contributed by atoms with Gasteiger partial charge in [-0.05, 0) is 12.0 Å². The van der Waals surface area contributed by atoms with Crippen LogP contribution >= 0.6 is 0 Å². The van der Waals surface area contributed by atoms with Gasteiger partial charge >= 0.3 is 0 Å². The van der Waals surface area contributed by atoms with Gasteiger partial charge in [0.2, 0.25) is 0 Å². The molecule has 0 saturated heterocycles. The minimum Gasteiger partial charge on any atom is -0.780 e. The molecule has 0 heterocycles. The molecule has 0 fully saturated rings. The molecule has 0 aliphatic heterocycles. The van der Waals surface area contributed by atoms with Crippen LogP contribution in [0.1, 0.15) is 18.9 Å². The van der Waals surface area contributed by atoms with E-state index in [9.17, 15) is 0 Å². The molecule has 0 radical (unpaired) electrons. The molecule has 0 nitrogen and oxygen atoms in total. The Bertz CT molecular complexity index is 188. The van der Waals surface area contributed by atoms with Crippen molar-refractivity contribution in [2.45, 2.75) is 24.7 Å². The molecule has 0 aliphatic carbocycles. The van der Waals surface area contributed by atoms with Gasteiger partial charge in [0.15, 0.2) is 0 Å². The average molecular weight is 151 g/mol. The summed E-state index contributed by atoms with van der Waals surface area (Å²) in [5, 5.41) is 0. The second-order valence-electron chi connectivity index (χ2n) is 2.39. The molecule has 0 aromatic heterocycles. The molecule has 1 heteroatoms. The third-order valence-electron chi connectivity index (χ3n) is 1.46. The van der Waals surface area contributed by atoms with Gasteiger partial charge in [-0.1, -0.05) is 37.6 Å². The zero-order valence-corrected chi connectivity index (χ0v) is 6.95. The Morgan fingerprint density at radius 2 is 1.80 bits per heavy atom. The van der Waals surface area contributed by atoms with E-state index < -0.39 is 0 Å². The largest absolute Gasteiger partial charge is 0.780 e. The molecule has 0 aliphatic rings. The number of aryl methyl sites for hydroxylation is 1. The summed E-state index contributed by atoms with van der Waals surface area (Å²) >= 11 is 4.96.